The molecule has 0 spiro atoms. The fourth-order valence-corrected chi connectivity index (χ4v) is 2.05. The maximum atomic E-state index is 10.5. The summed E-state index contributed by atoms with van der Waals surface area (Å²) in [4.78, 5) is 12.7. The van der Waals surface area contributed by atoms with Crippen LogP contribution in [0.3, 0.4) is 0 Å². The first kappa shape index (κ1) is 14.5. The summed E-state index contributed by atoms with van der Waals surface area (Å²) in [6, 6.07) is 7.38. The fraction of sp³-hybridized carbons (Fsp3) is 0.500. The second kappa shape index (κ2) is 7.01. The highest BCUT2D eigenvalue weighted by Crippen LogP contribution is 2.23. The van der Waals surface area contributed by atoms with Gasteiger partial charge in [0.25, 0.3) is 0 Å². The Bertz CT molecular complexity index is 392. The Hall–Kier alpha value is -1.55. The van der Waals surface area contributed by atoms with Crippen molar-refractivity contribution >= 4 is 5.97 Å². The highest BCUT2D eigenvalue weighted by Gasteiger charge is 2.14. The summed E-state index contributed by atoms with van der Waals surface area (Å²) in [5.41, 5.74) is 1.05. The molecule has 0 bridgehead atoms. The zero-order valence-corrected chi connectivity index (χ0v) is 11.0. The summed E-state index contributed by atoms with van der Waals surface area (Å²) in [5.74, 6) is -0.489. The lowest BCUT2D eigenvalue weighted by atomic mass is 10.1. The van der Waals surface area contributed by atoms with Crippen LogP contribution in [0.1, 0.15) is 38.3 Å². The monoisotopic (exact) mass is 251 g/mol. The summed E-state index contributed by atoms with van der Waals surface area (Å²) < 4.78 is 0. The van der Waals surface area contributed by atoms with Crippen molar-refractivity contribution in [3.8, 4) is 5.75 Å². The van der Waals surface area contributed by atoms with Gasteiger partial charge in [-0.2, -0.15) is 0 Å². The molecule has 18 heavy (non-hydrogen) atoms. The second-order valence-corrected chi connectivity index (χ2v) is 4.40. The molecule has 0 unspecified atom stereocenters. The third kappa shape index (κ3) is 4.37. The van der Waals surface area contributed by atoms with Gasteiger partial charge in [0.05, 0.1) is 0 Å². The Labute approximate surface area is 108 Å². The molecule has 0 aliphatic carbocycles. The lowest BCUT2D eigenvalue weighted by Gasteiger charge is -2.28. The van der Waals surface area contributed by atoms with Crippen LogP contribution >= 0.6 is 0 Å². The standard InChI is InChI=1S/C14H21NO3/c1-3-15(9-5-8-14(17)18)11(2)12-6-4-7-13(16)10-12/h4,6-7,10-11,16H,3,5,8-9H2,1-2H3,(H,17,18)/t11-/m1/s1. The summed E-state index contributed by atoms with van der Waals surface area (Å²) in [7, 11) is 0. The molecule has 4 heteroatoms. The van der Waals surface area contributed by atoms with Crippen molar-refractivity contribution in [2.45, 2.75) is 32.7 Å². The van der Waals surface area contributed by atoms with Gasteiger partial charge in [-0.3, -0.25) is 9.69 Å². The SMILES string of the molecule is CCN(CCCC(=O)O)[C@H](C)c1cccc(O)c1. The highest BCUT2D eigenvalue weighted by molar-refractivity contribution is 5.66. The maximum Gasteiger partial charge on any atom is 0.303 e. The number of aliphatic carboxylic acids is 1. The van der Waals surface area contributed by atoms with Gasteiger partial charge in [0.1, 0.15) is 5.75 Å². The molecular formula is C14H21NO3. The van der Waals surface area contributed by atoms with Gasteiger partial charge < -0.3 is 10.2 Å². The van der Waals surface area contributed by atoms with Gasteiger partial charge in [0, 0.05) is 12.5 Å². The Morgan fingerprint density at radius 1 is 1.44 bits per heavy atom. The van der Waals surface area contributed by atoms with E-state index in [1.807, 2.05) is 12.1 Å². The molecule has 0 fully saturated rings. The predicted octanol–water partition coefficient (Wildman–Crippen LogP) is 2.64. The van der Waals surface area contributed by atoms with Crippen LogP contribution in [0.5, 0.6) is 5.75 Å². The first-order valence-electron chi connectivity index (χ1n) is 6.29. The van der Waals surface area contributed by atoms with Crippen molar-refractivity contribution in [1.29, 1.82) is 0 Å². The van der Waals surface area contributed by atoms with Crippen molar-refractivity contribution in [2.75, 3.05) is 13.1 Å². The highest BCUT2D eigenvalue weighted by atomic mass is 16.4. The number of nitrogens with zero attached hydrogens (tertiary/aromatic N) is 1. The smallest absolute Gasteiger partial charge is 0.303 e. The molecule has 0 heterocycles. The van der Waals surface area contributed by atoms with Crippen LogP contribution in [0.15, 0.2) is 24.3 Å². The minimum absolute atomic E-state index is 0.177. The van der Waals surface area contributed by atoms with Gasteiger partial charge in [-0.25, -0.2) is 0 Å². The second-order valence-electron chi connectivity index (χ2n) is 4.40. The first-order valence-corrected chi connectivity index (χ1v) is 6.29. The summed E-state index contributed by atoms with van der Waals surface area (Å²) >= 11 is 0. The molecule has 4 nitrogen and oxygen atoms in total. The van der Waals surface area contributed by atoms with Gasteiger partial charge in [-0.05, 0) is 44.1 Å². The summed E-state index contributed by atoms with van der Waals surface area (Å²) in [5, 5.41) is 18.1. The van der Waals surface area contributed by atoms with E-state index < -0.39 is 5.97 Å². The number of phenols is 1. The molecule has 2 N–H and O–H groups in total. The van der Waals surface area contributed by atoms with E-state index in [1.54, 1.807) is 12.1 Å². The molecule has 1 atom stereocenters. The number of rotatable bonds is 7. The number of phenolic OH excluding ortho intramolecular Hbond substituents is 1. The third-order valence-corrected chi connectivity index (χ3v) is 3.14. The predicted molar refractivity (Wildman–Crippen MR) is 70.6 cm³/mol. The van der Waals surface area contributed by atoms with E-state index in [-0.39, 0.29) is 18.2 Å². The number of hydrogen-bond donors (Lipinski definition) is 2. The number of hydrogen-bond acceptors (Lipinski definition) is 3. The zero-order chi connectivity index (χ0) is 13.5. The molecule has 1 rings (SSSR count). The molecule has 100 valence electrons. The molecule has 0 radical (unpaired) electrons. The minimum Gasteiger partial charge on any atom is -0.508 e. The Morgan fingerprint density at radius 3 is 2.72 bits per heavy atom. The normalized spacial score (nSPS) is 12.6. The average Bonchev–Trinajstić information content (AvgIpc) is 2.33. The average molecular weight is 251 g/mol. The fourth-order valence-electron chi connectivity index (χ4n) is 2.05. The molecule has 0 aliphatic heterocycles. The molecule has 0 aromatic heterocycles. The van der Waals surface area contributed by atoms with Crippen LogP contribution in [-0.2, 0) is 4.79 Å². The van der Waals surface area contributed by atoms with Gasteiger partial charge in [0.2, 0.25) is 0 Å². The lowest BCUT2D eigenvalue weighted by Crippen LogP contribution is -2.28. The van der Waals surface area contributed by atoms with Crippen molar-refractivity contribution in [1.82, 2.24) is 4.90 Å². The number of aromatic hydroxyl groups is 1. The first-order chi connectivity index (χ1) is 8.54. The molecule has 0 amide bonds. The minimum atomic E-state index is -0.754. The summed E-state index contributed by atoms with van der Waals surface area (Å²) in [6.07, 6.45) is 0.843. The van der Waals surface area contributed by atoms with E-state index in [4.69, 9.17) is 5.11 Å². The lowest BCUT2D eigenvalue weighted by molar-refractivity contribution is -0.137. The third-order valence-electron chi connectivity index (χ3n) is 3.14. The van der Waals surface area contributed by atoms with Crippen molar-refractivity contribution in [3.63, 3.8) is 0 Å². The van der Waals surface area contributed by atoms with Crippen molar-refractivity contribution in [3.05, 3.63) is 29.8 Å². The summed E-state index contributed by atoms with van der Waals surface area (Å²) in [6.45, 7) is 5.73. The van der Waals surface area contributed by atoms with Gasteiger partial charge in [0.15, 0.2) is 0 Å². The van der Waals surface area contributed by atoms with E-state index in [2.05, 4.69) is 18.7 Å². The van der Waals surface area contributed by atoms with E-state index in [0.29, 0.717) is 6.42 Å². The van der Waals surface area contributed by atoms with Gasteiger partial charge >= 0.3 is 5.97 Å². The van der Waals surface area contributed by atoms with E-state index >= 15 is 0 Å². The molecule has 1 aromatic rings. The van der Waals surface area contributed by atoms with Crippen LogP contribution in [-0.4, -0.2) is 34.2 Å². The molecule has 0 aliphatic rings. The Morgan fingerprint density at radius 2 is 2.17 bits per heavy atom. The molecule has 1 aromatic carbocycles. The molecule has 0 saturated carbocycles. The molecular weight excluding hydrogens is 230 g/mol. The van der Waals surface area contributed by atoms with Crippen LogP contribution in [0.4, 0.5) is 0 Å². The quantitative estimate of drug-likeness (QED) is 0.782. The Balaban J connectivity index is 2.61. The van der Waals surface area contributed by atoms with Crippen LogP contribution in [0.25, 0.3) is 0 Å². The molecule has 0 saturated heterocycles. The topological polar surface area (TPSA) is 60.8 Å². The maximum absolute atomic E-state index is 10.5. The number of carboxylic acids is 1. The van der Waals surface area contributed by atoms with E-state index in [1.165, 1.54) is 0 Å². The number of carbonyl (C=O) groups is 1. The number of carboxylic acid groups (broad SMARTS) is 1. The van der Waals surface area contributed by atoms with Gasteiger partial charge in [-0.15, -0.1) is 0 Å². The van der Waals surface area contributed by atoms with Crippen molar-refractivity contribution in [2.24, 2.45) is 0 Å². The zero-order valence-electron chi connectivity index (χ0n) is 11.0. The van der Waals surface area contributed by atoms with E-state index in [9.17, 15) is 9.90 Å². The largest absolute Gasteiger partial charge is 0.508 e. The van der Waals surface area contributed by atoms with Crippen LogP contribution < -0.4 is 0 Å². The van der Waals surface area contributed by atoms with Gasteiger partial charge in [-0.1, -0.05) is 19.1 Å². The Kier molecular flexibility index (Phi) is 5.65. The van der Waals surface area contributed by atoms with Crippen molar-refractivity contribution < 1.29 is 15.0 Å². The number of benzene rings is 1. The van der Waals surface area contributed by atoms with Crippen LogP contribution in [0.2, 0.25) is 0 Å². The van der Waals surface area contributed by atoms with E-state index in [0.717, 1.165) is 18.7 Å². The van der Waals surface area contributed by atoms with Crippen LogP contribution in [0, 0.1) is 0 Å².